The molecule has 1 unspecified atom stereocenters. The Balaban J connectivity index is 2.23. The van der Waals surface area contributed by atoms with Gasteiger partial charge in [-0.15, -0.1) is 0 Å². The van der Waals surface area contributed by atoms with Crippen molar-refractivity contribution < 1.29 is 14.7 Å². The van der Waals surface area contributed by atoms with E-state index < -0.39 is 0 Å². The molecule has 2 N–H and O–H groups in total. The molecule has 0 aliphatic rings. The number of nitrogens with zero attached hydrogens (tertiary/aromatic N) is 1. The van der Waals surface area contributed by atoms with Gasteiger partial charge in [-0.1, -0.05) is 48.0 Å². The maximum atomic E-state index is 10.6. The minimum atomic E-state index is 0.190. The summed E-state index contributed by atoms with van der Waals surface area (Å²) in [7, 11) is 2.35. The summed E-state index contributed by atoms with van der Waals surface area (Å²) in [5, 5.41) is 19.6. The summed E-state index contributed by atoms with van der Waals surface area (Å²) in [6.45, 7) is 9.15. The average Bonchev–Trinajstić information content (AvgIpc) is 2.68. The zero-order valence-electron chi connectivity index (χ0n) is 18.1. The van der Waals surface area contributed by atoms with Crippen molar-refractivity contribution in [3.63, 3.8) is 0 Å². The predicted molar refractivity (Wildman–Crippen MR) is 118 cm³/mol. The van der Waals surface area contributed by atoms with Crippen LogP contribution in [0.4, 0.5) is 0 Å². The minimum Gasteiger partial charge on any atom is -0.508 e. The molecule has 0 radical (unpaired) electrons. The van der Waals surface area contributed by atoms with E-state index in [1.54, 1.807) is 0 Å². The molecule has 0 saturated carbocycles. The lowest BCUT2D eigenvalue weighted by Gasteiger charge is -2.40. The number of benzene rings is 2. The van der Waals surface area contributed by atoms with Gasteiger partial charge >= 0.3 is 0 Å². The van der Waals surface area contributed by atoms with Crippen molar-refractivity contribution in [1.29, 1.82) is 0 Å². The van der Waals surface area contributed by atoms with Crippen LogP contribution in [0.3, 0.4) is 0 Å². The number of quaternary nitrogens is 1. The lowest BCUT2D eigenvalue weighted by atomic mass is 9.86. The second kappa shape index (κ2) is 10.6. The second-order valence-corrected chi connectivity index (χ2v) is 8.62. The molecule has 0 heterocycles. The van der Waals surface area contributed by atoms with Gasteiger partial charge in [0.05, 0.1) is 26.2 Å². The van der Waals surface area contributed by atoms with E-state index in [-0.39, 0.29) is 12.5 Å². The average molecular weight is 385 g/mol. The van der Waals surface area contributed by atoms with Gasteiger partial charge in [-0.25, -0.2) is 0 Å². The monoisotopic (exact) mass is 384 g/mol. The minimum absolute atomic E-state index is 0.190. The molecule has 2 aromatic rings. The van der Waals surface area contributed by atoms with Crippen LogP contribution in [0.1, 0.15) is 62.1 Å². The number of phenolic OH excluding ortho intramolecular Hbond substituents is 1. The van der Waals surface area contributed by atoms with E-state index in [0.29, 0.717) is 11.8 Å². The topological polar surface area (TPSA) is 40.5 Å². The molecule has 0 aliphatic heterocycles. The fourth-order valence-electron chi connectivity index (χ4n) is 3.95. The first-order valence-corrected chi connectivity index (χ1v) is 10.7. The molecule has 3 nitrogen and oxygen atoms in total. The van der Waals surface area contributed by atoms with Gasteiger partial charge in [-0.3, -0.25) is 0 Å². The number of unbranched alkanes of at least 4 members (excludes halogenated alkanes) is 2. The highest BCUT2D eigenvalue weighted by molar-refractivity contribution is 5.43. The number of hydrogen-bond donors (Lipinski definition) is 2. The van der Waals surface area contributed by atoms with E-state index in [1.807, 2.05) is 18.2 Å². The molecule has 28 heavy (non-hydrogen) atoms. The van der Waals surface area contributed by atoms with E-state index in [9.17, 15) is 5.11 Å². The molecule has 0 amide bonds. The first-order chi connectivity index (χ1) is 13.4. The zero-order chi connectivity index (χ0) is 20.6. The number of aromatic hydroxyl groups is 1. The third kappa shape index (κ3) is 6.08. The van der Waals surface area contributed by atoms with Crippen molar-refractivity contribution in [3.05, 3.63) is 65.2 Å². The van der Waals surface area contributed by atoms with Gasteiger partial charge in [0, 0.05) is 24.5 Å². The normalized spacial score (nSPS) is 14.8. The van der Waals surface area contributed by atoms with Crippen LogP contribution in [-0.2, 0) is 0 Å². The highest BCUT2D eigenvalue weighted by Gasteiger charge is 2.28. The molecular weight excluding hydrogens is 346 g/mol. The first-order valence-electron chi connectivity index (χ1n) is 10.7. The SMILES string of the molecule is Cc1ccc(O)c([C@H](CC[N+](C)(CCCCCO)C(C)C)c2ccccc2)c1. The fourth-order valence-corrected chi connectivity index (χ4v) is 3.95. The van der Waals surface area contributed by atoms with Crippen LogP contribution < -0.4 is 0 Å². The molecule has 2 rings (SSSR count). The van der Waals surface area contributed by atoms with Gasteiger partial charge in [0.15, 0.2) is 0 Å². The summed E-state index contributed by atoms with van der Waals surface area (Å²) in [6.07, 6.45) is 4.11. The highest BCUT2D eigenvalue weighted by atomic mass is 16.3. The standard InChI is InChI=1S/C25H37NO2/c1-20(2)26(4,16-9-6-10-18-27)17-15-23(22-11-7-5-8-12-22)24-19-21(3)13-14-25(24)28/h5,7-8,11-14,19-20,23,27H,6,9-10,15-18H2,1-4H3/p+1/t23-,26?/m1/s1. The number of phenols is 1. The third-order valence-corrected chi connectivity index (χ3v) is 6.26. The Kier molecular flexibility index (Phi) is 8.53. The quantitative estimate of drug-likeness (QED) is 0.411. The van der Waals surface area contributed by atoms with Crippen molar-refractivity contribution in [2.45, 2.75) is 58.4 Å². The van der Waals surface area contributed by atoms with Crippen molar-refractivity contribution in [1.82, 2.24) is 0 Å². The molecule has 2 aromatic carbocycles. The number of aliphatic hydroxyl groups excluding tert-OH is 1. The summed E-state index contributed by atoms with van der Waals surface area (Å²) in [5.74, 6) is 0.580. The molecule has 3 heteroatoms. The number of aryl methyl sites for hydroxylation is 1. The Bertz CT molecular complexity index is 714. The van der Waals surface area contributed by atoms with Crippen molar-refractivity contribution in [3.8, 4) is 5.75 Å². The summed E-state index contributed by atoms with van der Waals surface area (Å²) < 4.78 is 1.02. The fraction of sp³-hybridized carbons (Fsp3) is 0.520. The summed E-state index contributed by atoms with van der Waals surface area (Å²) in [4.78, 5) is 0. The van der Waals surface area contributed by atoms with Gasteiger partial charge in [0.2, 0.25) is 0 Å². The Morgan fingerprint density at radius 1 is 0.929 bits per heavy atom. The summed E-state index contributed by atoms with van der Waals surface area (Å²) in [5.41, 5.74) is 3.47. The maximum Gasteiger partial charge on any atom is 0.119 e. The Hall–Kier alpha value is -1.84. The van der Waals surface area contributed by atoms with Gasteiger partial charge in [-0.05, 0) is 51.7 Å². The lowest BCUT2D eigenvalue weighted by molar-refractivity contribution is -0.930. The second-order valence-electron chi connectivity index (χ2n) is 8.62. The van der Waals surface area contributed by atoms with Gasteiger partial charge < -0.3 is 14.7 Å². The predicted octanol–water partition coefficient (Wildman–Crippen LogP) is 5.24. The van der Waals surface area contributed by atoms with Crippen LogP contribution in [0.15, 0.2) is 48.5 Å². The van der Waals surface area contributed by atoms with Crippen molar-refractivity contribution in [2.75, 3.05) is 26.7 Å². The highest BCUT2D eigenvalue weighted by Crippen LogP contribution is 2.35. The molecule has 2 atom stereocenters. The molecule has 0 saturated heterocycles. The van der Waals surface area contributed by atoms with Crippen LogP contribution in [0.5, 0.6) is 5.75 Å². The van der Waals surface area contributed by atoms with Crippen LogP contribution in [0.25, 0.3) is 0 Å². The van der Waals surface area contributed by atoms with E-state index in [2.05, 4.69) is 58.2 Å². The molecular formula is C25H38NO2+. The largest absolute Gasteiger partial charge is 0.508 e. The smallest absolute Gasteiger partial charge is 0.119 e. The molecule has 0 aromatic heterocycles. The van der Waals surface area contributed by atoms with Gasteiger partial charge in [-0.2, -0.15) is 0 Å². The van der Waals surface area contributed by atoms with Crippen molar-refractivity contribution in [2.24, 2.45) is 0 Å². The number of hydrogen-bond acceptors (Lipinski definition) is 2. The Morgan fingerprint density at radius 2 is 1.64 bits per heavy atom. The molecule has 154 valence electrons. The van der Waals surface area contributed by atoms with Crippen LogP contribution >= 0.6 is 0 Å². The lowest BCUT2D eigenvalue weighted by Crippen LogP contribution is -2.51. The van der Waals surface area contributed by atoms with Crippen molar-refractivity contribution >= 4 is 0 Å². The van der Waals surface area contributed by atoms with E-state index in [1.165, 1.54) is 11.1 Å². The third-order valence-electron chi connectivity index (χ3n) is 6.26. The van der Waals surface area contributed by atoms with E-state index in [4.69, 9.17) is 5.11 Å². The molecule has 0 aliphatic carbocycles. The number of aliphatic hydroxyl groups is 1. The molecule has 0 bridgehead atoms. The summed E-state index contributed by atoms with van der Waals surface area (Å²) >= 11 is 0. The maximum absolute atomic E-state index is 10.6. The van der Waals surface area contributed by atoms with Crippen LogP contribution in [0, 0.1) is 6.92 Å². The van der Waals surface area contributed by atoms with E-state index in [0.717, 1.165) is 48.8 Å². The first kappa shape index (κ1) is 22.4. The van der Waals surface area contributed by atoms with E-state index >= 15 is 0 Å². The zero-order valence-corrected chi connectivity index (χ0v) is 18.1. The molecule has 0 fully saturated rings. The summed E-state index contributed by atoms with van der Waals surface area (Å²) in [6, 6.07) is 17.0. The van der Waals surface area contributed by atoms with Gasteiger partial charge in [0.1, 0.15) is 5.75 Å². The number of rotatable bonds is 11. The van der Waals surface area contributed by atoms with Crippen LogP contribution in [0.2, 0.25) is 0 Å². The Morgan fingerprint density at radius 3 is 2.29 bits per heavy atom. The molecule has 0 spiro atoms. The Labute approximate surface area is 171 Å². The van der Waals surface area contributed by atoms with Crippen LogP contribution in [-0.4, -0.2) is 47.5 Å². The van der Waals surface area contributed by atoms with Gasteiger partial charge in [0.25, 0.3) is 0 Å².